The summed E-state index contributed by atoms with van der Waals surface area (Å²) < 4.78 is 30.7. The van der Waals surface area contributed by atoms with E-state index in [2.05, 4.69) is 35.8 Å². The molecule has 2 unspecified atom stereocenters. The fraction of sp³-hybridized carbons (Fsp3) is 0.625. The molecule has 0 spiro atoms. The minimum absolute atomic E-state index is 0.00264. The largest absolute Gasteiger partial charge is 0.490 e. The Morgan fingerprint density at radius 2 is 2.00 bits per heavy atom. The number of sulfone groups is 1. The minimum atomic E-state index is -2.97. The van der Waals surface area contributed by atoms with E-state index in [-0.39, 0.29) is 11.4 Å². The van der Waals surface area contributed by atoms with Crippen molar-refractivity contribution in [1.82, 2.24) is 0 Å². The third-order valence-corrected chi connectivity index (χ3v) is 6.20. The highest BCUT2D eigenvalue weighted by Crippen LogP contribution is 2.33. The van der Waals surface area contributed by atoms with E-state index in [0.717, 1.165) is 35.0 Å². The van der Waals surface area contributed by atoms with Crippen molar-refractivity contribution in [3.05, 3.63) is 28.2 Å². The SMILES string of the molecule is CC(C)c1cc(Br)ccc1OC1CCCC(S(C)(=O)=O)C1. The molecule has 2 atom stereocenters. The minimum Gasteiger partial charge on any atom is -0.490 e. The number of hydrogen-bond donors (Lipinski definition) is 0. The molecule has 2 rings (SSSR count). The molecule has 1 fully saturated rings. The van der Waals surface area contributed by atoms with Gasteiger partial charge in [0.2, 0.25) is 0 Å². The first-order chi connectivity index (χ1) is 9.77. The first-order valence-electron chi connectivity index (χ1n) is 7.42. The van der Waals surface area contributed by atoms with Gasteiger partial charge in [-0.15, -0.1) is 0 Å². The van der Waals surface area contributed by atoms with Crippen LogP contribution in [0.5, 0.6) is 5.75 Å². The van der Waals surface area contributed by atoms with Crippen LogP contribution in [0, 0.1) is 0 Å². The van der Waals surface area contributed by atoms with Crippen molar-refractivity contribution < 1.29 is 13.2 Å². The molecule has 0 aliphatic heterocycles. The van der Waals surface area contributed by atoms with Gasteiger partial charge in [0.15, 0.2) is 0 Å². The van der Waals surface area contributed by atoms with Crippen LogP contribution in [0.3, 0.4) is 0 Å². The zero-order chi connectivity index (χ0) is 15.6. The second kappa shape index (κ2) is 6.69. The van der Waals surface area contributed by atoms with E-state index < -0.39 is 9.84 Å². The molecule has 1 aromatic rings. The smallest absolute Gasteiger partial charge is 0.150 e. The lowest BCUT2D eigenvalue weighted by atomic mass is 9.96. The number of rotatable bonds is 4. The van der Waals surface area contributed by atoms with E-state index in [9.17, 15) is 8.42 Å². The Morgan fingerprint density at radius 3 is 2.62 bits per heavy atom. The third-order valence-electron chi connectivity index (χ3n) is 4.07. The lowest BCUT2D eigenvalue weighted by molar-refractivity contribution is 0.154. The van der Waals surface area contributed by atoms with Gasteiger partial charge in [-0.2, -0.15) is 0 Å². The second-order valence-electron chi connectivity index (χ2n) is 6.19. The van der Waals surface area contributed by atoms with Crippen LogP contribution in [0.25, 0.3) is 0 Å². The van der Waals surface area contributed by atoms with Crippen molar-refractivity contribution in [2.45, 2.75) is 56.8 Å². The Hall–Kier alpha value is -0.550. The zero-order valence-electron chi connectivity index (χ0n) is 12.8. The molecule has 5 heteroatoms. The molecular weight excluding hydrogens is 352 g/mol. The van der Waals surface area contributed by atoms with Crippen molar-refractivity contribution in [3.8, 4) is 5.75 Å². The summed E-state index contributed by atoms with van der Waals surface area (Å²) in [6.07, 6.45) is 4.54. The summed E-state index contributed by atoms with van der Waals surface area (Å²) in [6, 6.07) is 6.03. The Morgan fingerprint density at radius 1 is 1.29 bits per heavy atom. The molecule has 0 saturated heterocycles. The highest BCUT2D eigenvalue weighted by Gasteiger charge is 2.30. The molecule has 0 N–H and O–H groups in total. The molecule has 1 aliphatic carbocycles. The van der Waals surface area contributed by atoms with Crippen molar-refractivity contribution in [2.24, 2.45) is 0 Å². The van der Waals surface area contributed by atoms with Crippen molar-refractivity contribution in [2.75, 3.05) is 6.26 Å². The van der Waals surface area contributed by atoms with Crippen molar-refractivity contribution in [3.63, 3.8) is 0 Å². The van der Waals surface area contributed by atoms with Crippen LogP contribution in [0.15, 0.2) is 22.7 Å². The summed E-state index contributed by atoms with van der Waals surface area (Å²) >= 11 is 3.49. The molecule has 3 nitrogen and oxygen atoms in total. The monoisotopic (exact) mass is 374 g/mol. The maximum atomic E-state index is 11.7. The fourth-order valence-corrected chi connectivity index (χ4v) is 4.39. The maximum absolute atomic E-state index is 11.7. The average Bonchev–Trinajstić information content (AvgIpc) is 2.40. The van der Waals surface area contributed by atoms with E-state index in [0.29, 0.717) is 12.3 Å². The summed E-state index contributed by atoms with van der Waals surface area (Å²) in [5.41, 5.74) is 1.16. The topological polar surface area (TPSA) is 43.4 Å². The molecule has 0 radical (unpaired) electrons. The van der Waals surface area contributed by atoms with Gasteiger partial charge in [0, 0.05) is 17.1 Å². The molecule has 1 aromatic carbocycles. The summed E-state index contributed by atoms with van der Waals surface area (Å²) in [5, 5.41) is -0.255. The maximum Gasteiger partial charge on any atom is 0.150 e. The molecule has 0 amide bonds. The molecule has 0 aromatic heterocycles. The van der Waals surface area contributed by atoms with E-state index >= 15 is 0 Å². The Bertz CT molecular complexity index is 596. The summed E-state index contributed by atoms with van der Waals surface area (Å²) in [7, 11) is -2.97. The molecule has 1 aliphatic rings. The van der Waals surface area contributed by atoms with Gasteiger partial charge in [-0.05, 0) is 48.9 Å². The first-order valence-corrected chi connectivity index (χ1v) is 10.2. The molecular formula is C16H23BrO3S. The van der Waals surface area contributed by atoms with Gasteiger partial charge in [0.1, 0.15) is 15.6 Å². The second-order valence-corrected chi connectivity index (χ2v) is 9.44. The first kappa shape index (κ1) is 16.8. The van der Waals surface area contributed by atoms with Gasteiger partial charge >= 0.3 is 0 Å². The fourth-order valence-electron chi connectivity index (χ4n) is 2.86. The highest BCUT2D eigenvalue weighted by molar-refractivity contribution is 9.10. The van der Waals surface area contributed by atoms with Gasteiger partial charge in [0.05, 0.1) is 11.4 Å². The predicted octanol–water partition coefficient (Wildman–Crippen LogP) is 4.31. The van der Waals surface area contributed by atoms with Gasteiger partial charge in [0.25, 0.3) is 0 Å². The summed E-state index contributed by atoms with van der Waals surface area (Å²) in [5.74, 6) is 1.25. The van der Waals surface area contributed by atoms with Gasteiger partial charge in [-0.1, -0.05) is 29.8 Å². The lowest BCUT2D eigenvalue weighted by Crippen LogP contribution is -2.33. The highest BCUT2D eigenvalue weighted by atomic mass is 79.9. The van der Waals surface area contributed by atoms with Crippen LogP contribution >= 0.6 is 15.9 Å². The van der Waals surface area contributed by atoms with E-state index in [1.807, 2.05) is 12.1 Å². The van der Waals surface area contributed by atoms with E-state index in [1.165, 1.54) is 6.26 Å². The molecule has 0 bridgehead atoms. The number of hydrogen-bond acceptors (Lipinski definition) is 3. The summed E-state index contributed by atoms with van der Waals surface area (Å²) in [4.78, 5) is 0. The van der Waals surface area contributed by atoms with E-state index in [4.69, 9.17) is 4.74 Å². The number of ether oxygens (including phenoxy) is 1. The Labute approximate surface area is 136 Å². The number of benzene rings is 1. The van der Waals surface area contributed by atoms with Crippen LogP contribution < -0.4 is 4.74 Å². The quantitative estimate of drug-likeness (QED) is 0.788. The van der Waals surface area contributed by atoms with Crippen molar-refractivity contribution >= 4 is 25.8 Å². The van der Waals surface area contributed by atoms with Gasteiger partial charge < -0.3 is 4.74 Å². The third kappa shape index (κ3) is 4.46. The Balaban J connectivity index is 2.15. The normalized spacial score (nSPS) is 23.3. The van der Waals surface area contributed by atoms with Crippen LogP contribution in [-0.2, 0) is 9.84 Å². The lowest BCUT2D eigenvalue weighted by Gasteiger charge is -2.29. The molecule has 118 valence electrons. The molecule has 21 heavy (non-hydrogen) atoms. The average molecular weight is 375 g/mol. The van der Waals surface area contributed by atoms with Crippen LogP contribution in [0.2, 0.25) is 0 Å². The van der Waals surface area contributed by atoms with Gasteiger partial charge in [-0.25, -0.2) is 8.42 Å². The van der Waals surface area contributed by atoms with Gasteiger partial charge in [-0.3, -0.25) is 0 Å². The number of halogens is 1. The zero-order valence-corrected chi connectivity index (χ0v) is 15.2. The van der Waals surface area contributed by atoms with Crippen LogP contribution in [-0.4, -0.2) is 26.0 Å². The summed E-state index contributed by atoms with van der Waals surface area (Å²) in [6.45, 7) is 4.27. The van der Waals surface area contributed by atoms with Crippen molar-refractivity contribution in [1.29, 1.82) is 0 Å². The Kier molecular flexibility index (Phi) is 5.36. The van der Waals surface area contributed by atoms with Crippen LogP contribution in [0.4, 0.5) is 0 Å². The van der Waals surface area contributed by atoms with E-state index in [1.54, 1.807) is 0 Å². The molecule has 1 saturated carbocycles. The predicted molar refractivity (Wildman–Crippen MR) is 89.7 cm³/mol. The molecule has 0 heterocycles. The standard InChI is InChI=1S/C16H23BrO3S/c1-11(2)15-9-12(17)7-8-16(15)20-13-5-4-6-14(10-13)21(3,18)19/h7-9,11,13-14H,4-6,10H2,1-3H3. The van der Waals surface area contributed by atoms with Crippen LogP contribution in [0.1, 0.15) is 51.0 Å².